The zero-order valence-corrected chi connectivity index (χ0v) is 20.1. The third kappa shape index (κ3) is 5.71. The molecule has 2 N–H and O–H groups in total. The van der Waals surface area contributed by atoms with Crippen molar-refractivity contribution in [3.63, 3.8) is 0 Å². The first kappa shape index (κ1) is 24.9. The number of ether oxygens (including phenoxy) is 1. The molecule has 2 unspecified atom stereocenters. The number of cyclic esters (lactones) is 1. The monoisotopic (exact) mass is 489 g/mol. The average Bonchev–Trinajstić information content (AvgIpc) is 3.19. The van der Waals surface area contributed by atoms with Crippen LogP contribution in [-0.4, -0.2) is 35.4 Å². The molecule has 186 valence electrons. The highest BCUT2D eigenvalue weighted by molar-refractivity contribution is 6.04. The Bertz CT molecular complexity index is 1230. The summed E-state index contributed by atoms with van der Waals surface area (Å²) in [5.74, 6) is -1.25. The fraction of sp³-hybridized carbons (Fsp3) is 0.250. The Balaban J connectivity index is 1.55. The van der Waals surface area contributed by atoms with Gasteiger partial charge >= 0.3 is 6.09 Å². The van der Waals surface area contributed by atoms with E-state index in [4.69, 9.17) is 4.74 Å². The Morgan fingerprint density at radius 3 is 2.31 bits per heavy atom. The molecule has 1 aliphatic rings. The van der Waals surface area contributed by atoms with Gasteiger partial charge in [-0.1, -0.05) is 68.4 Å². The smallest absolute Gasteiger partial charge is 0.411 e. The fourth-order valence-electron chi connectivity index (χ4n) is 4.00. The molecular weight excluding hydrogens is 461 g/mol. The van der Waals surface area contributed by atoms with Crippen LogP contribution in [0.3, 0.4) is 0 Å². The van der Waals surface area contributed by atoms with Crippen LogP contribution in [0.4, 0.5) is 14.9 Å². The van der Waals surface area contributed by atoms with Gasteiger partial charge in [0.2, 0.25) is 5.91 Å². The lowest BCUT2D eigenvalue weighted by molar-refractivity contribution is -0.126. The number of hydrogen-bond donors (Lipinski definition) is 2. The molecule has 0 spiro atoms. The van der Waals surface area contributed by atoms with Crippen LogP contribution < -0.4 is 10.6 Å². The van der Waals surface area contributed by atoms with Crippen LogP contribution in [0.15, 0.2) is 78.9 Å². The summed E-state index contributed by atoms with van der Waals surface area (Å²) in [5, 5.41) is 5.57. The zero-order chi connectivity index (χ0) is 25.7. The largest absolute Gasteiger partial charge is 0.438 e. The van der Waals surface area contributed by atoms with E-state index in [9.17, 15) is 18.8 Å². The summed E-state index contributed by atoms with van der Waals surface area (Å²) < 4.78 is 19.6. The summed E-state index contributed by atoms with van der Waals surface area (Å²) in [6.07, 6.45) is -1.41. The van der Waals surface area contributed by atoms with E-state index in [0.29, 0.717) is 17.8 Å². The predicted molar refractivity (Wildman–Crippen MR) is 134 cm³/mol. The van der Waals surface area contributed by atoms with Gasteiger partial charge in [-0.25, -0.2) is 9.18 Å². The molecule has 3 aromatic rings. The number of amides is 3. The van der Waals surface area contributed by atoms with E-state index >= 15 is 0 Å². The topological polar surface area (TPSA) is 87.7 Å². The summed E-state index contributed by atoms with van der Waals surface area (Å²) in [6, 6.07) is 20.9. The van der Waals surface area contributed by atoms with E-state index in [1.165, 1.54) is 23.1 Å². The van der Waals surface area contributed by atoms with Crippen LogP contribution in [0.1, 0.15) is 41.4 Å². The van der Waals surface area contributed by atoms with E-state index in [1.54, 1.807) is 30.3 Å². The fourth-order valence-corrected chi connectivity index (χ4v) is 4.00. The van der Waals surface area contributed by atoms with Crippen molar-refractivity contribution in [1.82, 2.24) is 10.2 Å². The van der Waals surface area contributed by atoms with Crippen LogP contribution in [0.2, 0.25) is 0 Å². The van der Waals surface area contributed by atoms with Gasteiger partial charge in [-0.2, -0.15) is 0 Å². The standard InChI is InChI=1S/C28H28FN3O4/c1-18(2)16-30-27(34)24-25(36-28(35)32(24)17-19-8-4-3-5-9-19)20-12-14-21(15-13-20)31-26(33)22-10-6-7-11-23(22)29/h3-15,18,24-25H,16-17H2,1-2H3,(H,30,34)(H,31,33). The number of carbonyl (C=O) groups excluding carboxylic acids is 3. The summed E-state index contributed by atoms with van der Waals surface area (Å²) in [6.45, 7) is 4.68. The van der Waals surface area contributed by atoms with Gasteiger partial charge in [0, 0.05) is 12.2 Å². The molecule has 8 heteroatoms. The van der Waals surface area contributed by atoms with Crippen LogP contribution in [0.25, 0.3) is 0 Å². The molecule has 1 fully saturated rings. The molecule has 0 aliphatic carbocycles. The average molecular weight is 490 g/mol. The molecular formula is C28H28FN3O4. The van der Waals surface area contributed by atoms with Gasteiger partial charge in [-0.3, -0.25) is 14.5 Å². The molecule has 4 rings (SSSR count). The molecule has 0 bridgehead atoms. The molecule has 2 atom stereocenters. The number of carbonyl (C=O) groups is 3. The van der Waals surface area contributed by atoms with Gasteiger partial charge < -0.3 is 15.4 Å². The lowest BCUT2D eigenvalue weighted by Gasteiger charge is -2.24. The van der Waals surface area contributed by atoms with Crippen LogP contribution in [0.5, 0.6) is 0 Å². The number of nitrogens with zero attached hydrogens (tertiary/aromatic N) is 1. The SMILES string of the molecule is CC(C)CNC(=O)C1C(c2ccc(NC(=O)c3ccccc3F)cc2)OC(=O)N1Cc1ccccc1. The maximum absolute atomic E-state index is 13.9. The van der Waals surface area contributed by atoms with Crippen molar-refractivity contribution in [2.75, 3.05) is 11.9 Å². The van der Waals surface area contributed by atoms with E-state index in [0.717, 1.165) is 5.56 Å². The summed E-state index contributed by atoms with van der Waals surface area (Å²) in [7, 11) is 0. The number of benzene rings is 3. The van der Waals surface area contributed by atoms with Crippen molar-refractivity contribution in [3.05, 3.63) is 101 Å². The second-order valence-electron chi connectivity index (χ2n) is 9.06. The molecule has 3 aromatic carbocycles. The Morgan fingerprint density at radius 1 is 0.972 bits per heavy atom. The number of anilines is 1. The molecule has 0 aromatic heterocycles. The number of halogens is 1. The maximum Gasteiger partial charge on any atom is 0.411 e. The van der Waals surface area contributed by atoms with Crippen LogP contribution >= 0.6 is 0 Å². The quantitative estimate of drug-likeness (QED) is 0.471. The minimum atomic E-state index is -0.865. The van der Waals surface area contributed by atoms with Crippen molar-refractivity contribution in [2.24, 2.45) is 5.92 Å². The zero-order valence-electron chi connectivity index (χ0n) is 20.1. The molecule has 36 heavy (non-hydrogen) atoms. The van der Waals surface area contributed by atoms with Crippen molar-refractivity contribution >= 4 is 23.6 Å². The third-order valence-corrected chi connectivity index (χ3v) is 5.85. The highest BCUT2D eigenvalue weighted by atomic mass is 19.1. The third-order valence-electron chi connectivity index (χ3n) is 5.85. The molecule has 1 heterocycles. The molecule has 3 amide bonds. The Kier molecular flexibility index (Phi) is 7.63. The first-order valence-electron chi connectivity index (χ1n) is 11.8. The van der Waals surface area contributed by atoms with E-state index < -0.39 is 30.0 Å². The normalized spacial score (nSPS) is 17.1. The highest BCUT2D eigenvalue weighted by Gasteiger charge is 2.46. The Morgan fingerprint density at radius 2 is 1.64 bits per heavy atom. The Hall–Kier alpha value is -4.20. The van der Waals surface area contributed by atoms with E-state index in [1.807, 2.05) is 44.2 Å². The van der Waals surface area contributed by atoms with Gasteiger partial charge in [-0.05, 0) is 41.3 Å². The summed E-state index contributed by atoms with van der Waals surface area (Å²) in [5.41, 5.74) is 1.86. The summed E-state index contributed by atoms with van der Waals surface area (Å²) >= 11 is 0. The van der Waals surface area contributed by atoms with Crippen molar-refractivity contribution < 1.29 is 23.5 Å². The molecule has 1 saturated heterocycles. The van der Waals surface area contributed by atoms with Gasteiger partial charge in [-0.15, -0.1) is 0 Å². The maximum atomic E-state index is 13.9. The molecule has 7 nitrogen and oxygen atoms in total. The van der Waals surface area contributed by atoms with Gasteiger partial charge in [0.05, 0.1) is 12.1 Å². The van der Waals surface area contributed by atoms with Crippen molar-refractivity contribution in [3.8, 4) is 0 Å². The molecule has 0 radical (unpaired) electrons. The lowest BCUT2D eigenvalue weighted by atomic mass is 10.00. The summed E-state index contributed by atoms with van der Waals surface area (Å²) in [4.78, 5) is 39.9. The minimum absolute atomic E-state index is 0.0651. The first-order chi connectivity index (χ1) is 17.3. The van der Waals surface area contributed by atoms with Gasteiger partial charge in [0.1, 0.15) is 5.82 Å². The van der Waals surface area contributed by atoms with Crippen LogP contribution in [0, 0.1) is 11.7 Å². The predicted octanol–water partition coefficient (Wildman–Crippen LogP) is 4.91. The highest BCUT2D eigenvalue weighted by Crippen LogP contribution is 2.34. The number of nitrogens with one attached hydrogen (secondary N) is 2. The van der Waals surface area contributed by atoms with E-state index in [2.05, 4.69) is 10.6 Å². The van der Waals surface area contributed by atoms with Gasteiger partial charge in [0.15, 0.2) is 12.1 Å². The Labute approximate surface area is 209 Å². The number of rotatable bonds is 8. The molecule has 1 aliphatic heterocycles. The number of hydrogen-bond acceptors (Lipinski definition) is 4. The lowest BCUT2D eigenvalue weighted by Crippen LogP contribution is -2.47. The minimum Gasteiger partial charge on any atom is -0.438 e. The van der Waals surface area contributed by atoms with Crippen LogP contribution in [-0.2, 0) is 16.1 Å². The second kappa shape index (κ2) is 11.0. The molecule has 0 saturated carbocycles. The second-order valence-corrected chi connectivity index (χ2v) is 9.06. The van der Waals surface area contributed by atoms with Gasteiger partial charge in [0.25, 0.3) is 5.91 Å². The van der Waals surface area contributed by atoms with Crippen molar-refractivity contribution in [2.45, 2.75) is 32.5 Å². The first-order valence-corrected chi connectivity index (χ1v) is 11.8. The van der Waals surface area contributed by atoms with Crippen molar-refractivity contribution in [1.29, 1.82) is 0 Å². The van der Waals surface area contributed by atoms with E-state index in [-0.39, 0.29) is 23.9 Å².